The normalized spacial score (nSPS) is 10.5. The van der Waals surface area contributed by atoms with E-state index in [1.165, 1.54) is 5.56 Å². The molecule has 0 spiro atoms. The van der Waals surface area contributed by atoms with Gasteiger partial charge in [-0.1, -0.05) is 36.3 Å². The molecule has 3 aromatic rings. The Hall–Kier alpha value is -3.03. The third-order valence-corrected chi connectivity index (χ3v) is 3.82. The maximum absolute atomic E-state index is 12.0. The molecule has 0 saturated heterocycles. The standard InChI is InChI=1S/C21H19NO3/c1-2-11-22-15-18-13-17-8-9-19(14-20(17)25-21(18)23)24-12-10-16-6-4-3-5-7-16/h1,3-9,13-14,22H,10-12,15H2. The SMILES string of the molecule is C#CCNCc1cc2ccc(OCCc3ccccc3)cc2oc1=O. The highest BCUT2D eigenvalue weighted by Crippen LogP contribution is 2.20. The second kappa shape index (κ2) is 8.18. The van der Waals surface area contributed by atoms with Crippen LogP contribution in [0.15, 0.2) is 63.8 Å². The number of ether oxygens (including phenoxy) is 1. The lowest BCUT2D eigenvalue weighted by atomic mass is 10.1. The zero-order valence-corrected chi connectivity index (χ0v) is 13.8. The van der Waals surface area contributed by atoms with E-state index < -0.39 is 0 Å². The molecule has 0 aliphatic carbocycles. The quantitative estimate of drug-likeness (QED) is 0.410. The maximum atomic E-state index is 12.0. The molecule has 4 nitrogen and oxygen atoms in total. The number of hydrogen-bond acceptors (Lipinski definition) is 4. The van der Waals surface area contributed by atoms with Gasteiger partial charge < -0.3 is 14.5 Å². The molecule has 0 unspecified atom stereocenters. The van der Waals surface area contributed by atoms with Crippen LogP contribution in [0.1, 0.15) is 11.1 Å². The van der Waals surface area contributed by atoms with Crippen LogP contribution < -0.4 is 15.7 Å². The van der Waals surface area contributed by atoms with Gasteiger partial charge >= 0.3 is 5.63 Å². The number of benzene rings is 2. The van der Waals surface area contributed by atoms with E-state index in [4.69, 9.17) is 15.6 Å². The van der Waals surface area contributed by atoms with Crippen molar-refractivity contribution in [3.63, 3.8) is 0 Å². The van der Waals surface area contributed by atoms with Gasteiger partial charge in [0.25, 0.3) is 0 Å². The fourth-order valence-electron chi connectivity index (χ4n) is 2.55. The third-order valence-electron chi connectivity index (χ3n) is 3.82. The van der Waals surface area contributed by atoms with Gasteiger partial charge in [-0.15, -0.1) is 6.42 Å². The van der Waals surface area contributed by atoms with E-state index in [0.29, 0.717) is 36.6 Å². The summed E-state index contributed by atoms with van der Waals surface area (Å²) < 4.78 is 11.2. The molecule has 1 N–H and O–H groups in total. The summed E-state index contributed by atoms with van der Waals surface area (Å²) in [6, 6.07) is 17.5. The molecule has 0 radical (unpaired) electrons. The van der Waals surface area contributed by atoms with Crippen molar-refractivity contribution in [1.29, 1.82) is 0 Å². The number of nitrogens with one attached hydrogen (secondary N) is 1. The molecule has 1 heterocycles. The minimum Gasteiger partial charge on any atom is -0.493 e. The smallest absolute Gasteiger partial charge is 0.340 e. The van der Waals surface area contributed by atoms with Crippen molar-refractivity contribution < 1.29 is 9.15 Å². The Morgan fingerprint density at radius 3 is 2.76 bits per heavy atom. The molecule has 4 heteroatoms. The zero-order chi connectivity index (χ0) is 17.5. The zero-order valence-electron chi connectivity index (χ0n) is 13.8. The third kappa shape index (κ3) is 4.50. The van der Waals surface area contributed by atoms with Crippen LogP contribution >= 0.6 is 0 Å². The molecule has 0 atom stereocenters. The molecule has 3 rings (SSSR count). The average molecular weight is 333 g/mol. The largest absolute Gasteiger partial charge is 0.493 e. The van der Waals surface area contributed by atoms with Gasteiger partial charge in [-0.3, -0.25) is 0 Å². The summed E-state index contributed by atoms with van der Waals surface area (Å²) in [7, 11) is 0. The second-order valence-corrected chi connectivity index (χ2v) is 5.65. The Bertz CT molecular complexity index is 939. The van der Waals surface area contributed by atoms with E-state index in [-0.39, 0.29) is 5.63 Å². The van der Waals surface area contributed by atoms with Gasteiger partial charge in [0, 0.05) is 24.4 Å². The topological polar surface area (TPSA) is 51.5 Å². The first-order valence-electron chi connectivity index (χ1n) is 8.14. The van der Waals surface area contributed by atoms with Crippen molar-refractivity contribution in [2.75, 3.05) is 13.2 Å². The van der Waals surface area contributed by atoms with Crippen molar-refractivity contribution in [3.8, 4) is 18.1 Å². The molecule has 0 aliphatic heterocycles. The minimum atomic E-state index is -0.363. The Morgan fingerprint density at radius 2 is 1.96 bits per heavy atom. The Kier molecular flexibility index (Phi) is 5.50. The van der Waals surface area contributed by atoms with Crippen molar-refractivity contribution >= 4 is 11.0 Å². The number of fused-ring (bicyclic) bond motifs is 1. The van der Waals surface area contributed by atoms with Gasteiger partial charge in [0.05, 0.1) is 18.7 Å². The molecule has 126 valence electrons. The van der Waals surface area contributed by atoms with E-state index in [2.05, 4.69) is 23.4 Å². The summed E-state index contributed by atoms with van der Waals surface area (Å²) in [6.07, 6.45) is 6.01. The number of hydrogen-bond donors (Lipinski definition) is 1. The predicted octanol–water partition coefficient (Wildman–Crippen LogP) is 3.14. The second-order valence-electron chi connectivity index (χ2n) is 5.65. The molecule has 1 aromatic heterocycles. The van der Waals surface area contributed by atoms with Crippen LogP contribution in [0.4, 0.5) is 0 Å². The van der Waals surface area contributed by atoms with Crippen LogP contribution in [0.5, 0.6) is 5.75 Å². The fourth-order valence-corrected chi connectivity index (χ4v) is 2.55. The van der Waals surface area contributed by atoms with Gasteiger partial charge in [0.2, 0.25) is 0 Å². The van der Waals surface area contributed by atoms with Crippen LogP contribution in [0.25, 0.3) is 11.0 Å². The highest BCUT2D eigenvalue weighted by molar-refractivity contribution is 5.78. The lowest BCUT2D eigenvalue weighted by Crippen LogP contribution is -2.19. The monoisotopic (exact) mass is 333 g/mol. The van der Waals surface area contributed by atoms with E-state index in [9.17, 15) is 4.79 Å². The van der Waals surface area contributed by atoms with Crippen molar-refractivity contribution in [3.05, 3.63) is 76.1 Å². The van der Waals surface area contributed by atoms with E-state index >= 15 is 0 Å². The van der Waals surface area contributed by atoms with Crippen molar-refractivity contribution in [2.45, 2.75) is 13.0 Å². The number of terminal acetylenes is 1. The summed E-state index contributed by atoms with van der Waals surface area (Å²) in [5, 5.41) is 3.85. The van der Waals surface area contributed by atoms with E-state index in [1.54, 1.807) is 6.07 Å². The Morgan fingerprint density at radius 1 is 1.12 bits per heavy atom. The average Bonchev–Trinajstić information content (AvgIpc) is 2.63. The van der Waals surface area contributed by atoms with Crippen LogP contribution in [0.2, 0.25) is 0 Å². The minimum absolute atomic E-state index is 0.363. The number of rotatable bonds is 7. The van der Waals surface area contributed by atoms with Crippen molar-refractivity contribution in [1.82, 2.24) is 5.32 Å². The van der Waals surface area contributed by atoms with Crippen LogP contribution in [0.3, 0.4) is 0 Å². The Labute approximate surface area is 146 Å². The summed E-state index contributed by atoms with van der Waals surface area (Å²) in [4.78, 5) is 12.0. The Balaban J connectivity index is 1.68. The maximum Gasteiger partial charge on any atom is 0.340 e. The van der Waals surface area contributed by atoms with E-state index in [0.717, 1.165) is 11.8 Å². The van der Waals surface area contributed by atoms with Crippen LogP contribution in [-0.2, 0) is 13.0 Å². The van der Waals surface area contributed by atoms with Gasteiger partial charge in [-0.25, -0.2) is 4.79 Å². The highest BCUT2D eigenvalue weighted by Gasteiger charge is 2.06. The molecule has 25 heavy (non-hydrogen) atoms. The molecular weight excluding hydrogens is 314 g/mol. The van der Waals surface area contributed by atoms with E-state index in [1.807, 2.05) is 36.4 Å². The molecule has 0 fully saturated rings. The molecule has 0 amide bonds. The van der Waals surface area contributed by atoms with Gasteiger partial charge in [-0.05, 0) is 23.8 Å². The lowest BCUT2D eigenvalue weighted by molar-refractivity contribution is 0.322. The molecule has 0 aliphatic rings. The summed E-state index contributed by atoms with van der Waals surface area (Å²) in [5.41, 5.74) is 1.93. The first-order chi connectivity index (χ1) is 12.3. The molecule has 2 aromatic carbocycles. The van der Waals surface area contributed by atoms with Gasteiger partial charge in [0.15, 0.2) is 0 Å². The highest BCUT2D eigenvalue weighted by atomic mass is 16.5. The van der Waals surface area contributed by atoms with Gasteiger partial charge in [-0.2, -0.15) is 0 Å². The summed E-state index contributed by atoms with van der Waals surface area (Å²) in [5.74, 6) is 3.16. The summed E-state index contributed by atoms with van der Waals surface area (Å²) >= 11 is 0. The first kappa shape index (κ1) is 16.8. The first-order valence-corrected chi connectivity index (χ1v) is 8.14. The van der Waals surface area contributed by atoms with Crippen molar-refractivity contribution in [2.24, 2.45) is 0 Å². The van der Waals surface area contributed by atoms with Crippen LogP contribution in [-0.4, -0.2) is 13.2 Å². The molecule has 0 bridgehead atoms. The fraction of sp³-hybridized carbons (Fsp3) is 0.190. The summed E-state index contributed by atoms with van der Waals surface area (Å²) in [6.45, 7) is 1.36. The van der Waals surface area contributed by atoms with Crippen LogP contribution in [0, 0.1) is 12.3 Å². The predicted molar refractivity (Wildman–Crippen MR) is 98.7 cm³/mol. The van der Waals surface area contributed by atoms with Gasteiger partial charge in [0.1, 0.15) is 11.3 Å². The molecular formula is C21H19NO3. The molecule has 0 saturated carbocycles. The lowest BCUT2D eigenvalue weighted by Gasteiger charge is -2.08.